The van der Waals surface area contributed by atoms with E-state index in [-0.39, 0.29) is 23.3 Å². The van der Waals surface area contributed by atoms with Crippen LogP contribution in [0.2, 0.25) is 5.02 Å². The molecule has 1 fully saturated rings. The lowest BCUT2D eigenvalue weighted by atomic mass is 9.90. The van der Waals surface area contributed by atoms with Crippen molar-refractivity contribution in [2.75, 3.05) is 18.4 Å². The molecule has 3 aromatic carbocycles. The molecule has 2 unspecified atom stereocenters. The molecule has 1 saturated carbocycles. The van der Waals surface area contributed by atoms with Gasteiger partial charge in [-0.15, -0.1) is 0 Å². The van der Waals surface area contributed by atoms with Crippen molar-refractivity contribution in [2.24, 2.45) is 0 Å². The first-order valence-corrected chi connectivity index (χ1v) is 17.9. The van der Waals surface area contributed by atoms with Crippen LogP contribution in [0.25, 0.3) is 5.69 Å². The van der Waals surface area contributed by atoms with E-state index in [1.807, 2.05) is 34.9 Å². The predicted octanol–water partition coefficient (Wildman–Crippen LogP) is 6.75. The van der Waals surface area contributed by atoms with Gasteiger partial charge in [-0.2, -0.15) is 5.10 Å². The van der Waals surface area contributed by atoms with Crippen molar-refractivity contribution in [3.05, 3.63) is 111 Å². The van der Waals surface area contributed by atoms with Crippen molar-refractivity contribution < 1.29 is 24.2 Å². The lowest BCUT2D eigenvalue weighted by Crippen LogP contribution is -2.47. The Balaban J connectivity index is 1.36. The van der Waals surface area contributed by atoms with Gasteiger partial charge in [-0.05, 0) is 85.7 Å². The van der Waals surface area contributed by atoms with Gasteiger partial charge in [-0.25, -0.2) is 9.07 Å². The number of hydrogen-bond acceptors (Lipinski definition) is 6. The molecule has 0 radical (unpaired) electrons. The molecule has 6 rings (SSSR count). The first kappa shape index (κ1) is 35.7. The van der Waals surface area contributed by atoms with E-state index in [9.17, 15) is 24.2 Å². The molecule has 3 atom stereocenters. The number of unbranched alkanes of at least 4 members (excludes halogenated alkanes) is 2. The number of rotatable bonds is 13. The van der Waals surface area contributed by atoms with Gasteiger partial charge in [0, 0.05) is 41.6 Å². The third-order valence-corrected chi connectivity index (χ3v) is 10.3. The normalized spacial score (nSPS) is 18.9. The van der Waals surface area contributed by atoms with Crippen molar-refractivity contribution in [1.82, 2.24) is 19.6 Å². The quantitative estimate of drug-likeness (QED) is 0.142. The zero-order chi connectivity index (χ0) is 35.6. The molecule has 50 heavy (non-hydrogen) atoms. The van der Waals surface area contributed by atoms with Crippen molar-refractivity contribution in [2.45, 2.75) is 90.1 Å². The summed E-state index contributed by atoms with van der Waals surface area (Å²) in [5.41, 5.74) is 4.53. The van der Waals surface area contributed by atoms with E-state index in [1.54, 1.807) is 28.9 Å². The molecule has 2 aliphatic rings. The number of nitrogens with zero attached hydrogens (tertiary/aromatic N) is 4. The topological polar surface area (TPSA) is 111 Å². The molecule has 1 spiro atoms. The van der Waals surface area contributed by atoms with Crippen LogP contribution in [0, 0.1) is 12.7 Å². The summed E-state index contributed by atoms with van der Waals surface area (Å²) < 4.78 is 15.3. The average molecular weight is 702 g/mol. The van der Waals surface area contributed by atoms with Crippen LogP contribution in [0.15, 0.2) is 66.7 Å². The van der Waals surface area contributed by atoms with Crippen LogP contribution in [0.1, 0.15) is 90.6 Å². The van der Waals surface area contributed by atoms with Crippen molar-refractivity contribution in [3.8, 4) is 5.69 Å². The maximum atomic E-state index is 13.7. The maximum Gasteiger partial charge on any atom is 0.274 e. The minimum atomic E-state index is -1.19. The van der Waals surface area contributed by atoms with Crippen LogP contribution in [0.3, 0.4) is 0 Å². The molecule has 4 aromatic rings. The summed E-state index contributed by atoms with van der Waals surface area (Å²) in [5.74, 6) is -0.984. The number of benzene rings is 3. The van der Waals surface area contributed by atoms with Crippen LogP contribution in [-0.4, -0.2) is 66.3 Å². The number of fused-ring (bicyclic) bond motifs is 1. The molecular weight excluding hydrogens is 657 g/mol. The molecular formula is C39H45ClFN5O4. The Bertz CT molecular complexity index is 1870. The van der Waals surface area contributed by atoms with Crippen LogP contribution < -0.4 is 5.32 Å². The van der Waals surface area contributed by atoms with Crippen LogP contribution in [0.4, 0.5) is 10.1 Å². The van der Waals surface area contributed by atoms with Gasteiger partial charge in [0.05, 0.1) is 23.8 Å². The number of aliphatic hydroxyl groups excluding tert-OH is 2. The fraction of sp³-hybridized carbons (Fsp3) is 0.410. The molecule has 1 aliphatic carbocycles. The zero-order valence-electron chi connectivity index (χ0n) is 28.8. The summed E-state index contributed by atoms with van der Waals surface area (Å²) in [4.78, 5) is 30.7. The Labute approximate surface area is 297 Å². The molecule has 0 bridgehead atoms. The summed E-state index contributed by atoms with van der Waals surface area (Å²) in [6, 6.07) is 18.9. The van der Waals surface area contributed by atoms with E-state index >= 15 is 0 Å². The van der Waals surface area contributed by atoms with E-state index in [4.69, 9.17) is 16.7 Å². The Hall–Kier alpha value is -4.09. The van der Waals surface area contributed by atoms with Gasteiger partial charge in [0.25, 0.3) is 5.91 Å². The van der Waals surface area contributed by atoms with Gasteiger partial charge < -0.3 is 20.4 Å². The first-order valence-electron chi connectivity index (χ1n) is 17.5. The molecule has 3 N–H and O–H groups in total. The third-order valence-electron chi connectivity index (χ3n) is 9.97. The Kier molecular flexibility index (Phi) is 10.7. The molecule has 9 nitrogen and oxygen atoms in total. The SMILES string of the molecule is CCCCN(CCCC)C(=O)c1cc(C)n(-c2ccc(NC(=O)Cc3ccc(F)cc3Cl)cc2C(O)N2Cc3ccccc3CC23C[C@@H]3O)n1. The number of hydrogen-bond donors (Lipinski definition) is 3. The Morgan fingerprint density at radius 1 is 1.06 bits per heavy atom. The van der Waals surface area contributed by atoms with E-state index in [0.29, 0.717) is 66.4 Å². The summed E-state index contributed by atoms with van der Waals surface area (Å²) in [5, 5.41) is 31.1. The number of halogens is 2. The fourth-order valence-corrected chi connectivity index (χ4v) is 7.24. The van der Waals surface area contributed by atoms with E-state index < -0.39 is 23.7 Å². The first-order chi connectivity index (χ1) is 24.0. The van der Waals surface area contributed by atoms with Gasteiger partial charge >= 0.3 is 0 Å². The number of nitrogens with one attached hydrogen (secondary N) is 1. The predicted molar refractivity (Wildman–Crippen MR) is 192 cm³/mol. The zero-order valence-corrected chi connectivity index (χ0v) is 29.6. The number of carbonyl (C=O) groups excluding carboxylic acids is 2. The van der Waals surface area contributed by atoms with Gasteiger partial charge in [0.15, 0.2) is 5.69 Å². The molecule has 1 aromatic heterocycles. The number of aryl methyl sites for hydroxylation is 1. The van der Waals surface area contributed by atoms with Gasteiger partial charge in [0.1, 0.15) is 12.0 Å². The summed E-state index contributed by atoms with van der Waals surface area (Å²) in [6.45, 7) is 7.80. The second-order valence-corrected chi connectivity index (χ2v) is 14.0. The molecule has 1 aliphatic heterocycles. The van der Waals surface area contributed by atoms with E-state index in [0.717, 1.165) is 36.8 Å². The van der Waals surface area contributed by atoms with Crippen molar-refractivity contribution >= 4 is 29.1 Å². The molecule has 2 amide bonds. The molecule has 11 heteroatoms. The Morgan fingerprint density at radius 3 is 2.42 bits per heavy atom. The van der Waals surface area contributed by atoms with E-state index in [1.165, 1.54) is 18.2 Å². The molecule has 0 saturated heterocycles. The molecule has 2 heterocycles. The minimum absolute atomic E-state index is 0.0761. The Morgan fingerprint density at radius 2 is 1.76 bits per heavy atom. The lowest BCUT2D eigenvalue weighted by Gasteiger charge is -2.41. The van der Waals surface area contributed by atoms with Gasteiger partial charge in [0.2, 0.25) is 5.91 Å². The third kappa shape index (κ3) is 7.35. The minimum Gasteiger partial charge on any atom is -0.391 e. The second kappa shape index (κ2) is 15.0. The van der Waals surface area contributed by atoms with Gasteiger partial charge in [-0.1, -0.05) is 68.6 Å². The van der Waals surface area contributed by atoms with Crippen molar-refractivity contribution in [3.63, 3.8) is 0 Å². The largest absolute Gasteiger partial charge is 0.391 e. The number of anilines is 1. The van der Waals surface area contributed by atoms with Crippen LogP contribution in [0.5, 0.6) is 0 Å². The van der Waals surface area contributed by atoms with Crippen LogP contribution >= 0.6 is 11.6 Å². The smallest absolute Gasteiger partial charge is 0.274 e. The van der Waals surface area contributed by atoms with Crippen molar-refractivity contribution in [1.29, 1.82) is 0 Å². The standard InChI is InChI=1S/C39H45ClFN5O4/c1-4-6-16-44(17-7-5-2)38(50)33-18-25(3)46(43-33)34-15-14-30(42-36(48)19-26-12-13-29(41)20-32(26)40)21-31(34)37(49)45-24-28-11-9-8-10-27(28)22-39(45)23-35(39)47/h8-15,18,20-21,35,37,47,49H,4-7,16-17,19,22-24H2,1-3H3,(H,42,48)/t35-,37?,39?/m0/s1. The highest BCUT2D eigenvalue weighted by Crippen LogP contribution is 2.52. The fourth-order valence-electron chi connectivity index (χ4n) is 7.00. The summed E-state index contributed by atoms with van der Waals surface area (Å²) in [6.07, 6.45) is 3.00. The average Bonchev–Trinajstić information content (AvgIpc) is 3.55. The van der Waals surface area contributed by atoms with E-state index in [2.05, 4.69) is 25.2 Å². The highest BCUT2D eigenvalue weighted by Gasteiger charge is 2.61. The number of amides is 2. The second-order valence-electron chi connectivity index (χ2n) is 13.6. The summed E-state index contributed by atoms with van der Waals surface area (Å²) >= 11 is 6.19. The molecule has 264 valence electrons. The summed E-state index contributed by atoms with van der Waals surface area (Å²) in [7, 11) is 0. The number of carbonyl (C=O) groups is 2. The lowest BCUT2D eigenvalue weighted by molar-refractivity contribution is -0.115. The maximum absolute atomic E-state index is 13.7. The highest BCUT2D eigenvalue weighted by atomic mass is 35.5. The number of aliphatic hydroxyl groups is 2. The monoisotopic (exact) mass is 701 g/mol. The van der Waals surface area contributed by atoms with Crippen LogP contribution in [-0.2, 0) is 24.2 Å². The number of aromatic nitrogens is 2. The van der Waals surface area contributed by atoms with Gasteiger partial charge in [-0.3, -0.25) is 14.5 Å². The highest BCUT2D eigenvalue weighted by molar-refractivity contribution is 6.31.